The number of anilines is 2. The largest absolute Gasteiger partial charge is 0.417 e. The van der Waals surface area contributed by atoms with Crippen molar-refractivity contribution in [2.75, 3.05) is 44.4 Å². The number of alkyl halides is 3. The van der Waals surface area contributed by atoms with E-state index in [-0.39, 0.29) is 17.8 Å². The molecule has 164 valence electrons. The maximum Gasteiger partial charge on any atom is 0.417 e. The molecule has 1 fully saturated rings. The minimum atomic E-state index is -4.56. The Morgan fingerprint density at radius 3 is 2.63 bits per heavy atom. The number of hydrogen-bond acceptors (Lipinski definition) is 5. The molecular formula is C22H29F3N4O. The lowest BCUT2D eigenvalue weighted by Gasteiger charge is -2.30. The van der Waals surface area contributed by atoms with Gasteiger partial charge >= 0.3 is 6.18 Å². The molecule has 0 unspecified atom stereocenters. The number of nitrogens with zero attached hydrogens (tertiary/aromatic N) is 2. The van der Waals surface area contributed by atoms with Gasteiger partial charge in [-0.2, -0.15) is 13.2 Å². The molecule has 1 atom stereocenters. The van der Waals surface area contributed by atoms with E-state index in [1.165, 1.54) is 0 Å². The second-order valence-corrected chi connectivity index (χ2v) is 7.88. The van der Waals surface area contributed by atoms with Crippen LogP contribution < -0.4 is 10.6 Å². The number of nitrogens with one attached hydrogen (secondary N) is 2. The number of rotatable bonds is 7. The molecule has 1 saturated heterocycles. The zero-order valence-corrected chi connectivity index (χ0v) is 17.6. The predicted molar refractivity (Wildman–Crippen MR) is 116 cm³/mol. The van der Waals surface area contributed by atoms with Gasteiger partial charge < -0.3 is 20.3 Å². The van der Waals surface area contributed by atoms with Crippen LogP contribution in [0.25, 0.3) is 16.3 Å². The predicted octanol–water partition coefficient (Wildman–Crippen LogP) is 4.76. The minimum Gasteiger partial charge on any atom is -0.382 e. The van der Waals surface area contributed by atoms with Crippen LogP contribution in [0.2, 0.25) is 0 Å². The normalized spacial score (nSPS) is 17.1. The highest BCUT2D eigenvalue weighted by Gasteiger charge is 2.35. The summed E-state index contributed by atoms with van der Waals surface area (Å²) in [6, 6.07) is 7.40. The Bertz CT molecular complexity index is 892. The maximum absolute atomic E-state index is 13.5. The van der Waals surface area contributed by atoms with Gasteiger partial charge in [0.05, 0.1) is 17.4 Å². The second kappa shape index (κ2) is 9.22. The number of halogens is 3. The van der Waals surface area contributed by atoms with E-state index in [9.17, 15) is 13.2 Å². The number of likely N-dealkylation sites (tertiary alicyclic amines) is 1. The molecule has 0 amide bonds. The fourth-order valence-electron chi connectivity index (χ4n) is 3.56. The molecule has 1 aliphatic rings. The van der Waals surface area contributed by atoms with Crippen LogP contribution in [-0.4, -0.2) is 62.0 Å². The van der Waals surface area contributed by atoms with Crippen LogP contribution in [0, 0.1) is 0 Å². The molecule has 1 aromatic heterocycles. The molecule has 8 heteroatoms. The molecule has 1 aromatic carbocycles. The van der Waals surface area contributed by atoms with Gasteiger partial charge in [-0.3, -0.25) is 0 Å². The van der Waals surface area contributed by atoms with Crippen molar-refractivity contribution in [3.63, 3.8) is 0 Å². The van der Waals surface area contributed by atoms with E-state index < -0.39 is 11.7 Å². The summed E-state index contributed by atoms with van der Waals surface area (Å²) in [6.45, 7) is 7.56. The second-order valence-electron chi connectivity index (χ2n) is 7.88. The minimum absolute atomic E-state index is 0.107. The first-order chi connectivity index (χ1) is 14.2. The van der Waals surface area contributed by atoms with Gasteiger partial charge in [-0.1, -0.05) is 18.7 Å². The fourth-order valence-corrected chi connectivity index (χ4v) is 3.56. The average molecular weight is 422 g/mol. The van der Waals surface area contributed by atoms with Crippen molar-refractivity contribution in [1.82, 2.24) is 9.88 Å². The Morgan fingerprint density at radius 1 is 1.30 bits per heavy atom. The molecule has 5 nitrogen and oxygen atoms in total. The van der Waals surface area contributed by atoms with Gasteiger partial charge in [-0.15, -0.1) is 0 Å². The van der Waals surface area contributed by atoms with E-state index in [0.717, 1.165) is 31.6 Å². The Kier molecular flexibility index (Phi) is 6.88. The van der Waals surface area contributed by atoms with Gasteiger partial charge in [-0.25, -0.2) is 4.98 Å². The van der Waals surface area contributed by atoms with Crippen LogP contribution >= 0.6 is 0 Å². The SMILES string of the molecule is C=C(c1nc(NC[C@H](C)OC)cc2c(NC3CCN(C)CC3)cccc12)C(F)(F)F. The summed E-state index contributed by atoms with van der Waals surface area (Å²) in [5, 5.41) is 7.75. The Labute approximate surface area is 175 Å². The van der Waals surface area contributed by atoms with Crippen molar-refractivity contribution in [3.05, 3.63) is 36.5 Å². The number of pyridine rings is 1. The van der Waals surface area contributed by atoms with Crippen LogP contribution in [0.4, 0.5) is 24.7 Å². The number of ether oxygens (including phenoxy) is 1. The first-order valence-electron chi connectivity index (χ1n) is 10.1. The molecule has 30 heavy (non-hydrogen) atoms. The van der Waals surface area contributed by atoms with Gasteiger partial charge in [0.25, 0.3) is 0 Å². The molecular weight excluding hydrogens is 393 g/mol. The number of methoxy groups -OCH3 is 1. The van der Waals surface area contributed by atoms with E-state index in [0.29, 0.717) is 23.1 Å². The Morgan fingerprint density at radius 2 is 2.00 bits per heavy atom. The third kappa shape index (κ3) is 5.23. The number of benzene rings is 1. The fraction of sp³-hybridized carbons (Fsp3) is 0.500. The van der Waals surface area contributed by atoms with Crippen molar-refractivity contribution in [2.45, 2.75) is 38.1 Å². The van der Waals surface area contributed by atoms with E-state index in [1.54, 1.807) is 25.3 Å². The first-order valence-corrected chi connectivity index (χ1v) is 10.1. The molecule has 1 aliphatic heterocycles. The van der Waals surface area contributed by atoms with Crippen LogP contribution in [0.15, 0.2) is 30.8 Å². The molecule has 0 spiro atoms. The number of aromatic nitrogens is 1. The monoisotopic (exact) mass is 422 g/mol. The summed E-state index contributed by atoms with van der Waals surface area (Å²) in [5.74, 6) is 0.365. The lowest BCUT2D eigenvalue weighted by atomic mass is 10.0. The van der Waals surface area contributed by atoms with E-state index >= 15 is 0 Å². The van der Waals surface area contributed by atoms with Crippen LogP contribution in [0.1, 0.15) is 25.5 Å². The van der Waals surface area contributed by atoms with Crippen LogP contribution in [0.5, 0.6) is 0 Å². The summed E-state index contributed by atoms with van der Waals surface area (Å²) in [4.78, 5) is 6.52. The van der Waals surface area contributed by atoms with Crippen molar-refractivity contribution in [1.29, 1.82) is 0 Å². The van der Waals surface area contributed by atoms with E-state index in [1.807, 2.05) is 13.0 Å². The smallest absolute Gasteiger partial charge is 0.382 e. The molecule has 0 bridgehead atoms. The number of hydrogen-bond donors (Lipinski definition) is 2. The highest BCUT2D eigenvalue weighted by atomic mass is 19.4. The van der Waals surface area contributed by atoms with E-state index in [2.05, 4.69) is 34.1 Å². The van der Waals surface area contributed by atoms with Gasteiger partial charge in [0.1, 0.15) is 5.82 Å². The van der Waals surface area contributed by atoms with E-state index in [4.69, 9.17) is 4.74 Å². The Hall–Kier alpha value is -2.32. The molecule has 0 aliphatic carbocycles. The van der Waals surface area contributed by atoms with Crippen LogP contribution in [-0.2, 0) is 4.74 Å². The molecule has 3 rings (SSSR count). The van der Waals surface area contributed by atoms with Gasteiger partial charge in [0.15, 0.2) is 0 Å². The zero-order chi connectivity index (χ0) is 21.9. The lowest BCUT2D eigenvalue weighted by molar-refractivity contribution is -0.0688. The quantitative estimate of drug-likeness (QED) is 0.674. The summed E-state index contributed by atoms with van der Waals surface area (Å²) in [7, 11) is 3.68. The highest BCUT2D eigenvalue weighted by molar-refractivity contribution is 6.01. The Balaban J connectivity index is 2.02. The third-order valence-electron chi connectivity index (χ3n) is 5.55. The van der Waals surface area contributed by atoms with Crippen molar-refractivity contribution in [2.24, 2.45) is 0 Å². The standard InChI is InChI=1S/C22H29F3N4O/c1-14(30-4)13-26-20-12-18-17(21(28-20)15(2)22(23,24)25)6-5-7-19(18)27-16-8-10-29(3)11-9-16/h5-7,12,14,16,27H,2,8-11,13H2,1,3-4H3,(H,26,28)/t14-/m0/s1. The maximum atomic E-state index is 13.5. The zero-order valence-electron chi connectivity index (χ0n) is 17.6. The van der Waals surface area contributed by atoms with Crippen molar-refractivity contribution >= 4 is 27.9 Å². The number of fused-ring (bicyclic) bond motifs is 1. The van der Waals surface area contributed by atoms with Crippen molar-refractivity contribution < 1.29 is 17.9 Å². The average Bonchev–Trinajstić information content (AvgIpc) is 2.72. The van der Waals surface area contributed by atoms with Gasteiger partial charge in [0.2, 0.25) is 0 Å². The highest BCUT2D eigenvalue weighted by Crippen LogP contribution is 2.38. The van der Waals surface area contributed by atoms with Gasteiger partial charge in [0, 0.05) is 36.2 Å². The molecule has 2 aromatic rings. The lowest BCUT2D eigenvalue weighted by Crippen LogP contribution is -2.36. The summed E-state index contributed by atoms with van der Waals surface area (Å²) >= 11 is 0. The molecule has 2 heterocycles. The number of allylic oxidation sites excluding steroid dienone is 1. The molecule has 0 radical (unpaired) electrons. The molecule has 0 saturated carbocycles. The summed E-state index contributed by atoms with van der Waals surface area (Å²) in [5.41, 5.74) is -0.296. The van der Waals surface area contributed by atoms with Crippen molar-refractivity contribution in [3.8, 4) is 0 Å². The molecule has 2 N–H and O–H groups in total. The first kappa shape index (κ1) is 22.4. The van der Waals surface area contributed by atoms with Crippen LogP contribution in [0.3, 0.4) is 0 Å². The third-order valence-corrected chi connectivity index (χ3v) is 5.55. The topological polar surface area (TPSA) is 49.4 Å². The summed E-state index contributed by atoms with van der Waals surface area (Å²) < 4.78 is 45.6. The van der Waals surface area contributed by atoms with Gasteiger partial charge in [-0.05, 0) is 52.0 Å². The number of piperidine rings is 1. The summed E-state index contributed by atoms with van der Waals surface area (Å²) in [6.07, 6.45) is -2.70.